The van der Waals surface area contributed by atoms with E-state index in [0.717, 1.165) is 5.56 Å². The molecule has 0 bridgehead atoms. The maximum atomic E-state index is 11.4. The summed E-state index contributed by atoms with van der Waals surface area (Å²) in [5, 5.41) is 9.58. The molecule has 0 radical (unpaired) electrons. The Morgan fingerprint density at radius 2 is 2.14 bits per heavy atom. The Kier molecular flexibility index (Phi) is 3.29. The van der Waals surface area contributed by atoms with Crippen LogP contribution in [0.2, 0.25) is 0 Å². The van der Waals surface area contributed by atoms with Gasteiger partial charge in [0.15, 0.2) is 5.78 Å². The zero-order chi connectivity index (χ0) is 10.9. The van der Waals surface area contributed by atoms with E-state index >= 15 is 0 Å². The number of Topliss-reactive ketones (excluding diaryl/α,β-unsaturated/α-hetero) is 1. The zero-order valence-corrected chi connectivity index (χ0v) is 9.68. The Bertz CT molecular complexity index is 388. The molecule has 0 amide bonds. The van der Waals surface area contributed by atoms with Gasteiger partial charge in [-0.15, -0.1) is 0 Å². The summed E-state index contributed by atoms with van der Waals surface area (Å²) in [5.41, 5.74) is 7.24. The molecule has 0 fully saturated rings. The van der Waals surface area contributed by atoms with Crippen LogP contribution in [0.15, 0.2) is 10.5 Å². The molecule has 0 aromatic heterocycles. The fraction of sp³-hybridized carbons (Fsp3) is 0.300. The topological polar surface area (TPSA) is 63.3 Å². The summed E-state index contributed by atoms with van der Waals surface area (Å²) in [6, 6.07) is 1.66. The highest BCUT2D eigenvalue weighted by molar-refractivity contribution is 9.10. The van der Waals surface area contributed by atoms with Gasteiger partial charge < -0.3 is 10.8 Å². The number of ketones is 1. The number of hydrogen-bond donors (Lipinski definition) is 2. The molecule has 0 unspecified atom stereocenters. The first-order chi connectivity index (χ1) is 6.49. The Morgan fingerprint density at radius 1 is 1.57 bits per heavy atom. The predicted octanol–water partition coefficient (Wildman–Crippen LogP) is 1.91. The molecule has 0 heterocycles. The third-order valence-corrected chi connectivity index (χ3v) is 3.13. The van der Waals surface area contributed by atoms with E-state index in [4.69, 9.17) is 5.73 Å². The van der Waals surface area contributed by atoms with Crippen molar-refractivity contribution >= 4 is 21.7 Å². The molecule has 1 rings (SSSR count). The lowest BCUT2D eigenvalue weighted by atomic mass is 10.0. The number of hydrogen-bond acceptors (Lipinski definition) is 3. The minimum absolute atomic E-state index is 0.0164. The van der Waals surface area contributed by atoms with Gasteiger partial charge in [0.2, 0.25) is 0 Å². The molecular formula is C10H12BrNO2. The smallest absolute Gasteiger partial charge is 0.176 e. The van der Waals surface area contributed by atoms with Crippen molar-refractivity contribution in [2.24, 2.45) is 5.73 Å². The molecule has 1 aromatic rings. The summed E-state index contributed by atoms with van der Waals surface area (Å²) in [7, 11) is 0. The van der Waals surface area contributed by atoms with Crippen LogP contribution in [0.4, 0.5) is 0 Å². The molecule has 4 heteroatoms. The Balaban J connectivity index is 3.40. The fourth-order valence-electron chi connectivity index (χ4n) is 1.26. The number of aromatic hydroxyl groups is 1. The van der Waals surface area contributed by atoms with Crippen LogP contribution in [0, 0.1) is 13.8 Å². The molecule has 0 aliphatic rings. The van der Waals surface area contributed by atoms with Crippen molar-refractivity contribution in [3.63, 3.8) is 0 Å². The van der Waals surface area contributed by atoms with E-state index in [-0.39, 0.29) is 18.1 Å². The lowest BCUT2D eigenvalue weighted by Gasteiger charge is -2.10. The van der Waals surface area contributed by atoms with Crippen molar-refractivity contribution in [1.82, 2.24) is 0 Å². The Hall–Kier alpha value is -0.870. The van der Waals surface area contributed by atoms with Gasteiger partial charge in [-0.3, -0.25) is 4.79 Å². The van der Waals surface area contributed by atoms with E-state index in [9.17, 15) is 9.90 Å². The van der Waals surface area contributed by atoms with Gasteiger partial charge >= 0.3 is 0 Å². The molecule has 0 saturated carbocycles. The van der Waals surface area contributed by atoms with Crippen molar-refractivity contribution in [3.8, 4) is 5.75 Å². The molecule has 3 nitrogen and oxygen atoms in total. The summed E-state index contributed by atoms with van der Waals surface area (Å²) >= 11 is 3.24. The number of carbonyl (C=O) groups is 1. The van der Waals surface area contributed by atoms with E-state index in [2.05, 4.69) is 15.9 Å². The highest BCUT2D eigenvalue weighted by Gasteiger charge is 2.14. The first-order valence-corrected chi connectivity index (χ1v) is 5.00. The second-order valence-corrected chi connectivity index (χ2v) is 3.95. The molecule has 76 valence electrons. The number of benzene rings is 1. The van der Waals surface area contributed by atoms with Gasteiger partial charge in [-0.1, -0.05) is 0 Å². The molecule has 1 aromatic carbocycles. The normalized spacial score (nSPS) is 10.3. The first-order valence-electron chi connectivity index (χ1n) is 4.21. The fourth-order valence-corrected chi connectivity index (χ4v) is 1.79. The van der Waals surface area contributed by atoms with Crippen LogP contribution >= 0.6 is 15.9 Å². The van der Waals surface area contributed by atoms with Crippen LogP contribution in [0.1, 0.15) is 21.5 Å². The average Bonchev–Trinajstić information content (AvgIpc) is 2.19. The van der Waals surface area contributed by atoms with Crippen molar-refractivity contribution in [2.75, 3.05) is 6.54 Å². The van der Waals surface area contributed by atoms with E-state index in [0.29, 0.717) is 15.6 Å². The second-order valence-electron chi connectivity index (χ2n) is 3.16. The minimum atomic E-state index is -0.119. The quantitative estimate of drug-likeness (QED) is 0.796. The van der Waals surface area contributed by atoms with Crippen molar-refractivity contribution in [3.05, 3.63) is 27.2 Å². The van der Waals surface area contributed by atoms with Crippen LogP contribution in [0.25, 0.3) is 0 Å². The van der Waals surface area contributed by atoms with Crippen LogP contribution in [-0.4, -0.2) is 17.4 Å². The Morgan fingerprint density at radius 3 is 2.64 bits per heavy atom. The molecule has 14 heavy (non-hydrogen) atoms. The van der Waals surface area contributed by atoms with Gasteiger partial charge in [-0.2, -0.15) is 0 Å². The number of carbonyl (C=O) groups excluding carboxylic acids is 1. The summed E-state index contributed by atoms with van der Waals surface area (Å²) in [4.78, 5) is 11.4. The third-order valence-electron chi connectivity index (χ3n) is 2.16. The molecule has 0 saturated heterocycles. The maximum absolute atomic E-state index is 11.4. The highest BCUT2D eigenvalue weighted by Crippen LogP contribution is 2.33. The molecule has 0 aliphatic carbocycles. The molecular weight excluding hydrogens is 246 g/mol. The van der Waals surface area contributed by atoms with Crippen LogP contribution < -0.4 is 5.73 Å². The van der Waals surface area contributed by atoms with Crippen molar-refractivity contribution in [2.45, 2.75) is 13.8 Å². The lowest BCUT2D eigenvalue weighted by molar-refractivity contribution is 0.100. The number of phenols is 1. The highest BCUT2D eigenvalue weighted by atomic mass is 79.9. The average molecular weight is 258 g/mol. The molecule has 0 aliphatic heterocycles. The van der Waals surface area contributed by atoms with Gasteiger partial charge in [0.1, 0.15) is 5.75 Å². The van der Waals surface area contributed by atoms with Crippen molar-refractivity contribution in [1.29, 1.82) is 0 Å². The summed E-state index contributed by atoms with van der Waals surface area (Å²) in [6.07, 6.45) is 0. The largest absolute Gasteiger partial charge is 0.506 e. The first kappa shape index (κ1) is 11.2. The second kappa shape index (κ2) is 4.11. The number of halogens is 1. The number of nitrogens with two attached hydrogens (primary N) is 1. The predicted molar refractivity (Wildman–Crippen MR) is 58.7 cm³/mol. The summed E-state index contributed by atoms with van der Waals surface area (Å²) in [6.45, 7) is 3.50. The molecule has 0 spiro atoms. The van der Waals surface area contributed by atoms with Crippen LogP contribution in [-0.2, 0) is 0 Å². The van der Waals surface area contributed by atoms with E-state index in [1.54, 1.807) is 19.9 Å². The van der Waals surface area contributed by atoms with Gasteiger partial charge in [-0.05, 0) is 47.0 Å². The molecule has 3 N–H and O–H groups in total. The van der Waals surface area contributed by atoms with Crippen LogP contribution in [0.5, 0.6) is 5.75 Å². The lowest BCUT2D eigenvalue weighted by Crippen LogP contribution is -2.15. The SMILES string of the molecule is Cc1cc(C(=O)CN)c(C)c(Br)c1O. The third kappa shape index (κ3) is 1.81. The summed E-state index contributed by atoms with van der Waals surface area (Å²) < 4.78 is 0.564. The number of rotatable bonds is 2. The maximum Gasteiger partial charge on any atom is 0.176 e. The van der Waals surface area contributed by atoms with Gasteiger partial charge in [0, 0.05) is 5.56 Å². The number of aryl methyl sites for hydroxylation is 1. The van der Waals surface area contributed by atoms with E-state index in [1.165, 1.54) is 0 Å². The minimum Gasteiger partial charge on any atom is -0.506 e. The standard InChI is InChI=1S/C10H12BrNO2/c1-5-3-7(8(13)4-12)6(2)9(11)10(5)14/h3,14H,4,12H2,1-2H3. The van der Waals surface area contributed by atoms with Crippen LogP contribution in [0.3, 0.4) is 0 Å². The Labute approximate surface area is 91.1 Å². The number of phenolic OH excluding ortho intramolecular Hbond substituents is 1. The van der Waals surface area contributed by atoms with Gasteiger partial charge in [-0.25, -0.2) is 0 Å². The van der Waals surface area contributed by atoms with Crippen molar-refractivity contribution < 1.29 is 9.90 Å². The zero-order valence-electron chi connectivity index (χ0n) is 8.10. The summed E-state index contributed by atoms with van der Waals surface area (Å²) in [5.74, 6) is 0.0578. The van der Waals surface area contributed by atoms with E-state index in [1.807, 2.05) is 0 Å². The van der Waals surface area contributed by atoms with Gasteiger partial charge in [0.05, 0.1) is 11.0 Å². The molecule has 0 atom stereocenters. The van der Waals surface area contributed by atoms with E-state index < -0.39 is 0 Å². The monoisotopic (exact) mass is 257 g/mol. The van der Waals surface area contributed by atoms with Gasteiger partial charge in [0.25, 0.3) is 0 Å².